The third kappa shape index (κ3) is 12.2. The monoisotopic (exact) mass is 796 g/mol. The smallest absolute Gasteiger partial charge is 0.340 e. The molecule has 0 aliphatic carbocycles. The zero-order valence-electron chi connectivity index (χ0n) is 32.4. The molecule has 0 saturated heterocycles. The van der Waals surface area contributed by atoms with E-state index in [4.69, 9.17) is 18.4 Å². The van der Waals surface area contributed by atoms with E-state index >= 15 is 0 Å². The lowest BCUT2D eigenvalue weighted by Gasteiger charge is -2.24. The third-order valence-electron chi connectivity index (χ3n) is 9.14. The van der Waals surface area contributed by atoms with Crippen LogP contribution in [0.1, 0.15) is 94.1 Å². The lowest BCUT2D eigenvalue weighted by molar-refractivity contribution is -0.144. The average Bonchev–Trinajstić information content (AvgIpc) is 3.20. The molecule has 0 fully saturated rings. The van der Waals surface area contributed by atoms with Crippen LogP contribution in [-0.2, 0) is 37.6 Å². The van der Waals surface area contributed by atoms with E-state index in [1.54, 1.807) is 42.5 Å². The summed E-state index contributed by atoms with van der Waals surface area (Å²) >= 11 is 1.30. The molecule has 0 spiro atoms. The predicted octanol–water partition coefficient (Wildman–Crippen LogP) is 11.1. The van der Waals surface area contributed by atoms with Gasteiger partial charge in [-0.15, -0.1) is 0 Å². The number of ether oxygens (including phenoxy) is 3. The van der Waals surface area contributed by atoms with E-state index in [9.17, 15) is 18.3 Å². The Bertz CT molecular complexity index is 2100. The lowest BCUT2D eigenvalue weighted by atomic mass is 9.89. The van der Waals surface area contributed by atoms with Crippen LogP contribution in [0.2, 0.25) is 0 Å². The molecule has 0 bridgehead atoms. The highest BCUT2D eigenvalue weighted by Crippen LogP contribution is 2.41. The highest BCUT2D eigenvalue weighted by molar-refractivity contribution is 8.00. The Morgan fingerprint density at radius 3 is 2.20 bits per heavy atom. The topological polar surface area (TPSA) is 108 Å². The summed E-state index contributed by atoms with van der Waals surface area (Å²) in [6.45, 7) is 7.02. The van der Waals surface area contributed by atoms with E-state index in [0.29, 0.717) is 52.5 Å². The fraction of sp³-hybridized carbons (Fsp3) is 0.326. The Balaban J connectivity index is 1.52. The molecule has 0 saturated carbocycles. The molecule has 1 atom stereocenters. The first kappa shape index (κ1) is 42.5. The summed E-state index contributed by atoms with van der Waals surface area (Å²) in [4.78, 5) is 14.0. The molecule has 10 heteroatoms. The van der Waals surface area contributed by atoms with Gasteiger partial charge in [0.15, 0.2) is 6.10 Å². The first-order valence-corrected chi connectivity index (χ1v) is 21.6. The highest BCUT2D eigenvalue weighted by Gasteiger charge is 2.27. The molecule has 0 aromatic heterocycles. The number of aliphatic hydroxyl groups is 1. The zero-order chi connectivity index (χ0) is 39.8. The molecular weight excluding hydrogens is 745 g/mol. The Hall–Kier alpha value is -4.61. The number of carbonyl (C=O) groups excluding carboxylic acids is 1. The Kier molecular flexibility index (Phi) is 16.4. The van der Waals surface area contributed by atoms with Crippen LogP contribution in [0, 0.1) is 0 Å². The molecule has 1 unspecified atom stereocenters. The minimum Gasteiger partial charge on any atom is -0.494 e. The van der Waals surface area contributed by atoms with Crippen molar-refractivity contribution in [3.63, 3.8) is 0 Å². The maximum atomic E-state index is 14.1. The fourth-order valence-corrected chi connectivity index (χ4v) is 8.53. The molecule has 296 valence electrons. The number of carbonyl (C=O) groups is 1. The van der Waals surface area contributed by atoms with Crippen LogP contribution in [-0.4, -0.2) is 32.7 Å². The van der Waals surface area contributed by atoms with Crippen LogP contribution in [0.25, 0.3) is 11.1 Å². The molecule has 5 aromatic rings. The van der Waals surface area contributed by atoms with Crippen molar-refractivity contribution in [1.29, 1.82) is 0 Å². The number of hydrogen-bond acceptors (Lipinski definition) is 9. The van der Waals surface area contributed by atoms with Crippen LogP contribution in [0.15, 0.2) is 130 Å². The van der Waals surface area contributed by atoms with Gasteiger partial charge in [-0.25, -0.2) is 0 Å². The van der Waals surface area contributed by atoms with Crippen molar-refractivity contribution in [2.24, 2.45) is 0 Å². The van der Waals surface area contributed by atoms with Gasteiger partial charge < -0.3 is 23.5 Å². The number of hydrogen-bond donors (Lipinski definition) is 1. The number of benzene rings is 5. The summed E-state index contributed by atoms with van der Waals surface area (Å²) < 4.78 is 51.8. The van der Waals surface area contributed by atoms with Gasteiger partial charge in [0.1, 0.15) is 16.4 Å². The van der Waals surface area contributed by atoms with Crippen molar-refractivity contribution < 1.29 is 36.7 Å². The quantitative estimate of drug-likeness (QED) is 0.0416. The largest absolute Gasteiger partial charge is 0.494 e. The molecule has 0 amide bonds. The van der Waals surface area contributed by atoms with Crippen LogP contribution in [0.3, 0.4) is 0 Å². The van der Waals surface area contributed by atoms with E-state index in [0.717, 1.165) is 41.9 Å². The second-order valence-electron chi connectivity index (χ2n) is 13.5. The average molecular weight is 797 g/mol. The summed E-state index contributed by atoms with van der Waals surface area (Å²) in [5.74, 6) is 0.433. The van der Waals surface area contributed by atoms with Crippen LogP contribution in [0.4, 0.5) is 0 Å². The second kappa shape index (κ2) is 21.6. The maximum absolute atomic E-state index is 14.1. The second-order valence-corrected chi connectivity index (χ2v) is 16.2. The van der Waals surface area contributed by atoms with Crippen LogP contribution in [0.5, 0.6) is 11.5 Å². The molecule has 0 radical (unpaired) electrons. The molecular formula is C46H52O8S2. The summed E-state index contributed by atoms with van der Waals surface area (Å²) in [5.41, 5.74) is 3.95. The SMILES string of the molecule is CCCCCCCOCc1ccc(CO)c(C(OC(C)=O)c2ccccc2-c2ccc(Sc3ccc(OCCCC)cc3)c(S(=O)(=O)Oc3ccccc3)c2)c1. The Morgan fingerprint density at radius 1 is 0.732 bits per heavy atom. The fourth-order valence-electron chi connectivity index (χ4n) is 6.24. The first-order chi connectivity index (χ1) is 27.2. The number of aliphatic hydroxyl groups excluding tert-OH is 1. The summed E-state index contributed by atoms with van der Waals surface area (Å²) in [7, 11) is -4.33. The van der Waals surface area contributed by atoms with E-state index in [-0.39, 0.29) is 17.3 Å². The van der Waals surface area contributed by atoms with Crippen LogP contribution < -0.4 is 8.92 Å². The number of rotatable bonds is 22. The minimum absolute atomic E-state index is 0.0177. The number of unbranched alkanes of at least 4 members (excludes halogenated alkanes) is 5. The first-order valence-electron chi connectivity index (χ1n) is 19.3. The Morgan fingerprint density at radius 2 is 1.46 bits per heavy atom. The van der Waals surface area contributed by atoms with Crippen molar-refractivity contribution in [2.75, 3.05) is 13.2 Å². The maximum Gasteiger partial charge on any atom is 0.340 e. The van der Waals surface area contributed by atoms with Crippen molar-refractivity contribution >= 4 is 27.8 Å². The number of esters is 1. The molecule has 1 N–H and O–H groups in total. The van der Waals surface area contributed by atoms with Crippen LogP contribution >= 0.6 is 11.8 Å². The van der Waals surface area contributed by atoms with Gasteiger partial charge in [-0.1, -0.05) is 118 Å². The summed E-state index contributed by atoms with van der Waals surface area (Å²) in [6, 6.07) is 34.2. The molecule has 0 aliphatic heterocycles. The van der Waals surface area contributed by atoms with Crippen molar-refractivity contribution in [1.82, 2.24) is 0 Å². The minimum atomic E-state index is -4.33. The standard InChI is InChI=1S/C46H52O8S2/c1-4-6-8-9-15-28-51-33-35-20-21-37(32-47)43(30-35)46(53-34(3)48)42-19-14-13-18-41(42)36-22-27-44(55-40-25-23-38(24-26-40)52-29-7-5-2)45(31-36)56(49,50)54-39-16-11-10-12-17-39/h10-14,16-27,30-31,46-47H,4-9,15,28-29,32-33H2,1-3H3. The highest BCUT2D eigenvalue weighted by atomic mass is 32.2. The zero-order valence-corrected chi connectivity index (χ0v) is 34.1. The van der Waals surface area contributed by atoms with Gasteiger partial charge in [0.25, 0.3) is 0 Å². The van der Waals surface area contributed by atoms with Crippen molar-refractivity contribution in [3.8, 4) is 22.6 Å². The van der Waals surface area contributed by atoms with E-state index in [2.05, 4.69) is 13.8 Å². The molecule has 56 heavy (non-hydrogen) atoms. The number of para-hydroxylation sites is 1. The molecule has 0 heterocycles. The van der Waals surface area contributed by atoms with E-state index in [1.807, 2.05) is 72.8 Å². The predicted molar refractivity (Wildman–Crippen MR) is 221 cm³/mol. The van der Waals surface area contributed by atoms with E-state index in [1.165, 1.54) is 37.9 Å². The van der Waals surface area contributed by atoms with Gasteiger partial charge >= 0.3 is 16.1 Å². The van der Waals surface area contributed by atoms with E-state index < -0.39 is 22.2 Å². The molecule has 5 rings (SSSR count). The van der Waals surface area contributed by atoms with Gasteiger partial charge in [0.05, 0.1) is 19.8 Å². The van der Waals surface area contributed by atoms with Gasteiger partial charge in [-0.05, 0) is 89.7 Å². The van der Waals surface area contributed by atoms with Gasteiger partial charge in [0, 0.05) is 34.4 Å². The molecule has 8 nitrogen and oxygen atoms in total. The Labute approximate surface area is 336 Å². The molecule has 0 aliphatic rings. The summed E-state index contributed by atoms with van der Waals surface area (Å²) in [6.07, 6.45) is 6.78. The normalized spacial score (nSPS) is 11.9. The van der Waals surface area contributed by atoms with Crippen molar-refractivity contribution in [2.45, 2.75) is 99.7 Å². The third-order valence-corrected chi connectivity index (χ3v) is 11.6. The van der Waals surface area contributed by atoms with Crippen molar-refractivity contribution in [3.05, 3.63) is 138 Å². The van der Waals surface area contributed by atoms with Gasteiger partial charge in [0.2, 0.25) is 0 Å². The molecule has 5 aromatic carbocycles. The van der Waals surface area contributed by atoms with Gasteiger partial charge in [-0.3, -0.25) is 4.79 Å². The van der Waals surface area contributed by atoms with Gasteiger partial charge in [-0.2, -0.15) is 8.42 Å². The lowest BCUT2D eigenvalue weighted by Crippen LogP contribution is -2.14. The summed E-state index contributed by atoms with van der Waals surface area (Å²) in [5, 5.41) is 10.4.